The van der Waals surface area contributed by atoms with E-state index >= 15 is 0 Å². The summed E-state index contributed by atoms with van der Waals surface area (Å²) < 4.78 is 0. The van der Waals surface area contributed by atoms with Gasteiger partial charge in [0.1, 0.15) is 0 Å². The molecule has 0 radical (unpaired) electrons. The average Bonchev–Trinajstić information content (AvgIpc) is 2.72. The molecule has 132 valence electrons. The second-order valence-corrected chi connectivity index (χ2v) is 7.83. The van der Waals surface area contributed by atoms with Crippen LogP contribution in [0.5, 0.6) is 0 Å². The molecule has 5 rings (SSSR count). The molecule has 0 saturated carbocycles. The molecule has 1 aliphatic rings. The first-order valence-corrected chi connectivity index (χ1v) is 9.81. The number of nitrogens with zero attached hydrogens (tertiary/aromatic N) is 1. The quantitative estimate of drug-likeness (QED) is 0.388. The first-order valence-electron chi connectivity index (χ1n) is 9.81. The number of hydrogen-bond acceptors (Lipinski definition) is 1. The largest absolute Gasteiger partial charge is 0.256 e. The number of pyridine rings is 1. The maximum Gasteiger partial charge on any atom is 0.0708 e. The second kappa shape index (κ2) is 6.35. The van der Waals surface area contributed by atoms with Crippen LogP contribution in [-0.4, -0.2) is 4.98 Å². The van der Waals surface area contributed by atoms with Gasteiger partial charge in [-0.1, -0.05) is 62.4 Å². The minimum absolute atomic E-state index is 0.480. The summed E-state index contributed by atoms with van der Waals surface area (Å²) in [5.41, 5.74) is 9.20. The van der Waals surface area contributed by atoms with E-state index in [9.17, 15) is 0 Å². The number of hydrogen-bond donors (Lipinski definition) is 0. The molecule has 0 spiro atoms. The number of aromatic nitrogens is 1. The van der Waals surface area contributed by atoms with E-state index in [0.29, 0.717) is 5.92 Å². The van der Waals surface area contributed by atoms with Crippen molar-refractivity contribution in [1.82, 2.24) is 4.98 Å². The molecule has 0 saturated heterocycles. The van der Waals surface area contributed by atoms with Gasteiger partial charge in [0.05, 0.1) is 5.69 Å². The predicted octanol–water partition coefficient (Wildman–Crippen LogP) is 6.79. The van der Waals surface area contributed by atoms with Gasteiger partial charge in [-0.15, -0.1) is 0 Å². The van der Waals surface area contributed by atoms with Crippen molar-refractivity contribution in [3.05, 3.63) is 89.6 Å². The van der Waals surface area contributed by atoms with Gasteiger partial charge in [0, 0.05) is 11.8 Å². The van der Waals surface area contributed by atoms with Crippen LogP contribution < -0.4 is 0 Å². The monoisotopic (exact) mass is 349 g/mol. The summed E-state index contributed by atoms with van der Waals surface area (Å²) in [5, 5.41) is 2.64. The zero-order valence-corrected chi connectivity index (χ0v) is 15.9. The van der Waals surface area contributed by atoms with Crippen LogP contribution in [0.15, 0.2) is 72.9 Å². The Balaban J connectivity index is 1.71. The summed E-state index contributed by atoms with van der Waals surface area (Å²) in [6, 6.07) is 24.4. The lowest BCUT2D eigenvalue weighted by Gasteiger charge is -2.20. The fourth-order valence-electron chi connectivity index (χ4n) is 4.33. The highest BCUT2D eigenvalue weighted by atomic mass is 14.7. The third kappa shape index (κ3) is 2.75. The first-order chi connectivity index (χ1) is 13.2. The molecular formula is C26H23N. The standard InChI is InChI=1S/C26H23N/c1-17(2)24-14-21(13-19-8-4-6-10-23(19)24)26-15-25-20(16-27-26)12-11-18-7-3-5-9-22(18)25/h3-10,13-17H,11-12H2,1-2H3. The second-order valence-electron chi connectivity index (χ2n) is 7.83. The van der Waals surface area contributed by atoms with Gasteiger partial charge in [-0.05, 0) is 75.5 Å². The van der Waals surface area contributed by atoms with E-state index in [4.69, 9.17) is 4.98 Å². The van der Waals surface area contributed by atoms with Crippen molar-refractivity contribution in [3.8, 4) is 22.4 Å². The van der Waals surface area contributed by atoms with E-state index in [1.807, 2.05) is 0 Å². The van der Waals surface area contributed by atoms with Gasteiger partial charge < -0.3 is 0 Å². The van der Waals surface area contributed by atoms with Gasteiger partial charge in [0.25, 0.3) is 0 Å². The Labute approximate surface area is 160 Å². The summed E-state index contributed by atoms with van der Waals surface area (Å²) >= 11 is 0. The molecule has 0 atom stereocenters. The van der Waals surface area contributed by atoms with Crippen molar-refractivity contribution in [2.45, 2.75) is 32.6 Å². The summed E-state index contributed by atoms with van der Waals surface area (Å²) in [6.07, 6.45) is 4.27. The maximum absolute atomic E-state index is 4.84. The Hall–Kier alpha value is -2.93. The zero-order valence-electron chi connectivity index (χ0n) is 15.9. The van der Waals surface area contributed by atoms with Crippen molar-refractivity contribution in [2.24, 2.45) is 0 Å². The van der Waals surface area contributed by atoms with Gasteiger partial charge >= 0.3 is 0 Å². The number of aryl methyl sites for hydroxylation is 2. The average molecular weight is 349 g/mol. The van der Waals surface area contributed by atoms with E-state index in [0.717, 1.165) is 18.5 Å². The molecule has 0 N–H and O–H groups in total. The molecule has 0 amide bonds. The smallest absolute Gasteiger partial charge is 0.0708 e. The van der Waals surface area contributed by atoms with Crippen LogP contribution >= 0.6 is 0 Å². The van der Waals surface area contributed by atoms with Crippen LogP contribution in [0.1, 0.15) is 36.5 Å². The third-order valence-electron chi connectivity index (χ3n) is 5.77. The van der Waals surface area contributed by atoms with E-state index < -0.39 is 0 Å². The van der Waals surface area contributed by atoms with Gasteiger partial charge in [0.2, 0.25) is 0 Å². The molecule has 1 heterocycles. The number of benzene rings is 3. The minimum atomic E-state index is 0.480. The summed E-state index contributed by atoms with van der Waals surface area (Å²) in [7, 11) is 0. The van der Waals surface area contributed by atoms with Crippen LogP contribution in [-0.2, 0) is 12.8 Å². The Kier molecular flexibility index (Phi) is 3.82. The Morgan fingerprint density at radius 2 is 1.56 bits per heavy atom. The Morgan fingerprint density at radius 1 is 0.778 bits per heavy atom. The van der Waals surface area contributed by atoms with Gasteiger partial charge in [-0.2, -0.15) is 0 Å². The summed E-state index contributed by atoms with van der Waals surface area (Å²) in [5.74, 6) is 0.480. The molecule has 1 aromatic heterocycles. The van der Waals surface area contributed by atoms with Crippen LogP contribution in [0.4, 0.5) is 0 Å². The topological polar surface area (TPSA) is 12.9 Å². The van der Waals surface area contributed by atoms with Crippen molar-refractivity contribution < 1.29 is 0 Å². The zero-order chi connectivity index (χ0) is 18.4. The summed E-state index contributed by atoms with van der Waals surface area (Å²) in [4.78, 5) is 4.84. The van der Waals surface area contributed by atoms with Crippen molar-refractivity contribution in [2.75, 3.05) is 0 Å². The lowest BCUT2D eigenvalue weighted by atomic mass is 9.85. The number of fused-ring (bicyclic) bond motifs is 4. The lowest BCUT2D eigenvalue weighted by molar-refractivity contribution is 0.876. The molecule has 0 unspecified atom stereocenters. The van der Waals surface area contributed by atoms with Crippen LogP contribution in [0.25, 0.3) is 33.2 Å². The SMILES string of the molecule is CC(C)c1cc(-c2cc3c(cn2)CCc2ccccc2-3)cc2ccccc12. The van der Waals surface area contributed by atoms with E-state index in [1.165, 1.54) is 44.2 Å². The predicted molar refractivity (Wildman–Crippen MR) is 114 cm³/mol. The molecule has 1 aliphatic carbocycles. The molecule has 3 aromatic carbocycles. The Morgan fingerprint density at radius 3 is 2.44 bits per heavy atom. The fraction of sp³-hybridized carbons (Fsp3) is 0.192. The molecule has 4 aromatic rings. The summed E-state index contributed by atoms with van der Waals surface area (Å²) in [6.45, 7) is 4.53. The normalized spacial score (nSPS) is 12.9. The molecule has 0 aliphatic heterocycles. The van der Waals surface area contributed by atoms with Crippen molar-refractivity contribution in [1.29, 1.82) is 0 Å². The molecule has 1 heteroatoms. The minimum Gasteiger partial charge on any atom is -0.256 e. The van der Waals surface area contributed by atoms with Crippen LogP contribution in [0.3, 0.4) is 0 Å². The Bertz CT molecular complexity index is 1150. The fourth-order valence-corrected chi connectivity index (χ4v) is 4.33. The molecule has 0 fully saturated rings. The highest BCUT2D eigenvalue weighted by molar-refractivity contribution is 5.91. The van der Waals surface area contributed by atoms with E-state index in [2.05, 4.69) is 86.8 Å². The highest BCUT2D eigenvalue weighted by Crippen LogP contribution is 2.37. The van der Waals surface area contributed by atoms with Gasteiger partial charge in [-0.3, -0.25) is 4.98 Å². The van der Waals surface area contributed by atoms with Crippen LogP contribution in [0.2, 0.25) is 0 Å². The highest BCUT2D eigenvalue weighted by Gasteiger charge is 2.17. The number of rotatable bonds is 2. The van der Waals surface area contributed by atoms with Gasteiger partial charge in [-0.25, -0.2) is 0 Å². The maximum atomic E-state index is 4.84. The van der Waals surface area contributed by atoms with E-state index in [1.54, 1.807) is 0 Å². The van der Waals surface area contributed by atoms with Crippen molar-refractivity contribution >= 4 is 10.8 Å². The van der Waals surface area contributed by atoms with Gasteiger partial charge in [0.15, 0.2) is 0 Å². The molecular weight excluding hydrogens is 326 g/mol. The van der Waals surface area contributed by atoms with Crippen molar-refractivity contribution in [3.63, 3.8) is 0 Å². The molecule has 0 bridgehead atoms. The lowest BCUT2D eigenvalue weighted by Crippen LogP contribution is -2.05. The van der Waals surface area contributed by atoms with Crippen LogP contribution in [0, 0.1) is 0 Å². The first kappa shape index (κ1) is 16.3. The molecule has 27 heavy (non-hydrogen) atoms. The van der Waals surface area contributed by atoms with E-state index in [-0.39, 0.29) is 0 Å². The third-order valence-corrected chi connectivity index (χ3v) is 5.77. The molecule has 1 nitrogen and oxygen atoms in total.